The van der Waals surface area contributed by atoms with Gasteiger partial charge in [-0.15, -0.1) is 0 Å². The summed E-state index contributed by atoms with van der Waals surface area (Å²) in [5.41, 5.74) is 6.70. The number of aromatic nitrogens is 2. The summed E-state index contributed by atoms with van der Waals surface area (Å²) in [5.74, 6) is 0.649. The molecule has 1 aliphatic carbocycles. The van der Waals surface area contributed by atoms with Gasteiger partial charge in [0.2, 0.25) is 0 Å². The van der Waals surface area contributed by atoms with Crippen molar-refractivity contribution >= 4 is 5.96 Å². The van der Waals surface area contributed by atoms with Gasteiger partial charge in [0.15, 0.2) is 5.96 Å². The largest absolute Gasteiger partial charge is 0.370 e. The second kappa shape index (κ2) is 3.17. The van der Waals surface area contributed by atoms with Crippen molar-refractivity contribution in [3.05, 3.63) is 24.3 Å². The second-order valence-corrected chi connectivity index (χ2v) is 4.64. The highest BCUT2D eigenvalue weighted by molar-refractivity contribution is 5.81. The molecule has 5 heteroatoms. The fourth-order valence-corrected chi connectivity index (χ4v) is 2.34. The topological polar surface area (TPSA) is 67.4 Å². The third-order valence-electron chi connectivity index (χ3n) is 3.35. The Hall–Kier alpha value is -1.65. The first-order chi connectivity index (χ1) is 7.72. The van der Waals surface area contributed by atoms with E-state index in [9.17, 15) is 0 Å². The maximum Gasteiger partial charge on any atom is 0.192 e. The monoisotopic (exact) mass is 217 g/mol. The minimum atomic E-state index is -0.209. The quantitative estimate of drug-likeness (QED) is 0.782. The zero-order valence-electron chi connectivity index (χ0n) is 9.30. The van der Waals surface area contributed by atoms with Crippen molar-refractivity contribution in [3.63, 3.8) is 0 Å². The lowest BCUT2D eigenvalue weighted by Crippen LogP contribution is -2.49. The standard InChI is InChI=1S/C11H15N5/c1-11(9-6-13-4-5-14-9)7-15-10(12)16(11)8-2-3-8/h4-6,8H,2-3,7H2,1H3,(H2,12,15). The molecule has 0 radical (unpaired) electrons. The normalized spacial score (nSPS) is 29.3. The smallest absolute Gasteiger partial charge is 0.192 e. The van der Waals surface area contributed by atoms with Crippen molar-refractivity contribution in [1.82, 2.24) is 14.9 Å². The Balaban J connectivity index is 1.99. The Labute approximate surface area is 94.4 Å². The van der Waals surface area contributed by atoms with Gasteiger partial charge in [0, 0.05) is 18.4 Å². The molecule has 0 amide bonds. The van der Waals surface area contributed by atoms with Crippen LogP contribution >= 0.6 is 0 Å². The minimum Gasteiger partial charge on any atom is -0.370 e. The van der Waals surface area contributed by atoms with Crippen molar-refractivity contribution in [1.29, 1.82) is 0 Å². The Morgan fingerprint density at radius 1 is 1.44 bits per heavy atom. The highest BCUT2D eigenvalue weighted by Gasteiger charge is 2.47. The molecule has 1 atom stereocenters. The zero-order valence-corrected chi connectivity index (χ0v) is 9.30. The van der Waals surface area contributed by atoms with E-state index in [2.05, 4.69) is 26.8 Å². The molecule has 16 heavy (non-hydrogen) atoms. The molecule has 1 unspecified atom stereocenters. The van der Waals surface area contributed by atoms with Gasteiger partial charge < -0.3 is 10.6 Å². The van der Waals surface area contributed by atoms with Crippen molar-refractivity contribution in [2.75, 3.05) is 6.54 Å². The van der Waals surface area contributed by atoms with Crippen molar-refractivity contribution < 1.29 is 0 Å². The number of rotatable bonds is 2. The van der Waals surface area contributed by atoms with Crippen LogP contribution in [0.25, 0.3) is 0 Å². The van der Waals surface area contributed by atoms with Gasteiger partial charge >= 0.3 is 0 Å². The molecule has 2 heterocycles. The van der Waals surface area contributed by atoms with Crippen LogP contribution in [0.3, 0.4) is 0 Å². The first kappa shape index (κ1) is 9.57. The SMILES string of the molecule is CC1(c2cnccn2)CN=C(N)N1C1CC1. The van der Waals surface area contributed by atoms with Gasteiger partial charge in [0.25, 0.3) is 0 Å². The maximum atomic E-state index is 5.96. The van der Waals surface area contributed by atoms with E-state index in [0.717, 1.165) is 5.69 Å². The molecule has 2 aliphatic rings. The van der Waals surface area contributed by atoms with Crippen LogP contribution in [0.2, 0.25) is 0 Å². The zero-order chi connectivity index (χ0) is 11.2. The number of aliphatic imine (C=N–C) groups is 1. The first-order valence-corrected chi connectivity index (χ1v) is 5.57. The molecule has 1 aliphatic heterocycles. The predicted octanol–water partition coefficient (Wildman–Crippen LogP) is 0.485. The molecule has 0 saturated heterocycles. The molecule has 1 aromatic rings. The van der Waals surface area contributed by atoms with E-state index in [1.54, 1.807) is 12.4 Å². The summed E-state index contributed by atoms with van der Waals surface area (Å²) in [5, 5.41) is 0. The fourth-order valence-electron chi connectivity index (χ4n) is 2.34. The summed E-state index contributed by atoms with van der Waals surface area (Å²) in [4.78, 5) is 15.1. The van der Waals surface area contributed by atoms with Gasteiger partial charge in [-0.1, -0.05) is 0 Å². The Bertz CT molecular complexity index is 425. The lowest BCUT2D eigenvalue weighted by atomic mass is 9.97. The molecule has 1 saturated carbocycles. The molecule has 5 nitrogen and oxygen atoms in total. The number of hydrogen-bond acceptors (Lipinski definition) is 5. The van der Waals surface area contributed by atoms with Gasteiger partial charge in [-0.2, -0.15) is 0 Å². The molecule has 84 valence electrons. The van der Waals surface area contributed by atoms with E-state index in [-0.39, 0.29) is 5.54 Å². The molecule has 1 fully saturated rings. The van der Waals surface area contributed by atoms with Crippen molar-refractivity contribution in [2.45, 2.75) is 31.3 Å². The number of hydrogen-bond donors (Lipinski definition) is 1. The lowest BCUT2D eigenvalue weighted by Gasteiger charge is -2.35. The Morgan fingerprint density at radius 3 is 2.88 bits per heavy atom. The van der Waals surface area contributed by atoms with Gasteiger partial charge in [-0.3, -0.25) is 15.0 Å². The number of nitrogens with zero attached hydrogens (tertiary/aromatic N) is 4. The van der Waals surface area contributed by atoms with Crippen LogP contribution in [-0.2, 0) is 5.54 Å². The highest BCUT2D eigenvalue weighted by Crippen LogP contribution is 2.40. The van der Waals surface area contributed by atoms with Crippen molar-refractivity contribution in [2.24, 2.45) is 10.7 Å². The van der Waals surface area contributed by atoms with Crippen LogP contribution in [0.1, 0.15) is 25.5 Å². The number of nitrogens with two attached hydrogens (primary N) is 1. The summed E-state index contributed by atoms with van der Waals surface area (Å²) in [6, 6.07) is 0.540. The van der Waals surface area contributed by atoms with Crippen LogP contribution in [0.5, 0.6) is 0 Å². The molecule has 0 bridgehead atoms. The van der Waals surface area contributed by atoms with E-state index in [1.165, 1.54) is 12.8 Å². The summed E-state index contributed by atoms with van der Waals surface area (Å²) >= 11 is 0. The van der Waals surface area contributed by atoms with Gasteiger partial charge in [0.05, 0.1) is 18.4 Å². The summed E-state index contributed by atoms with van der Waals surface area (Å²) in [6.45, 7) is 2.81. The van der Waals surface area contributed by atoms with E-state index < -0.39 is 0 Å². The van der Waals surface area contributed by atoms with Crippen LogP contribution in [-0.4, -0.2) is 33.4 Å². The van der Waals surface area contributed by atoms with Gasteiger partial charge in [0.1, 0.15) is 5.54 Å². The van der Waals surface area contributed by atoms with E-state index >= 15 is 0 Å². The average Bonchev–Trinajstić information content (AvgIpc) is 3.08. The third kappa shape index (κ3) is 1.27. The van der Waals surface area contributed by atoms with Crippen LogP contribution in [0.15, 0.2) is 23.6 Å². The molecule has 1 aromatic heterocycles. The Morgan fingerprint density at radius 2 is 2.25 bits per heavy atom. The van der Waals surface area contributed by atoms with E-state index in [0.29, 0.717) is 18.5 Å². The van der Waals surface area contributed by atoms with Crippen LogP contribution in [0, 0.1) is 0 Å². The van der Waals surface area contributed by atoms with Crippen LogP contribution in [0.4, 0.5) is 0 Å². The van der Waals surface area contributed by atoms with Crippen LogP contribution < -0.4 is 5.73 Å². The summed E-state index contributed by atoms with van der Waals surface area (Å²) in [6.07, 6.45) is 7.62. The van der Waals surface area contributed by atoms with Crippen molar-refractivity contribution in [3.8, 4) is 0 Å². The van der Waals surface area contributed by atoms with E-state index in [1.807, 2.05) is 6.20 Å². The molecule has 0 spiro atoms. The predicted molar refractivity (Wildman–Crippen MR) is 60.7 cm³/mol. The van der Waals surface area contributed by atoms with E-state index in [4.69, 9.17) is 5.73 Å². The average molecular weight is 217 g/mol. The summed E-state index contributed by atoms with van der Waals surface area (Å²) in [7, 11) is 0. The molecular formula is C11H15N5. The molecule has 2 N–H and O–H groups in total. The third-order valence-corrected chi connectivity index (χ3v) is 3.35. The fraction of sp³-hybridized carbons (Fsp3) is 0.545. The highest BCUT2D eigenvalue weighted by atomic mass is 15.4. The number of guanidine groups is 1. The van der Waals surface area contributed by atoms with Gasteiger partial charge in [-0.25, -0.2) is 0 Å². The maximum absolute atomic E-state index is 5.96. The summed E-state index contributed by atoms with van der Waals surface area (Å²) < 4.78 is 0. The minimum absolute atomic E-state index is 0.209. The lowest BCUT2D eigenvalue weighted by molar-refractivity contribution is 0.209. The van der Waals surface area contributed by atoms with Gasteiger partial charge in [-0.05, 0) is 19.8 Å². The molecular weight excluding hydrogens is 202 g/mol. The molecule has 0 aromatic carbocycles. The Kier molecular flexibility index (Phi) is 1.89. The first-order valence-electron chi connectivity index (χ1n) is 5.57. The molecule has 3 rings (SSSR count). The second-order valence-electron chi connectivity index (χ2n) is 4.64.